The van der Waals surface area contributed by atoms with Crippen molar-refractivity contribution in [1.29, 1.82) is 0 Å². The van der Waals surface area contributed by atoms with Crippen molar-refractivity contribution in [2.45, 2.75) is 59.5 Å². The highest BCUT2D eigenvalue weighted by Gasteiger charge is 2.24. The number of hydrogen-bond acceptors (Lipinski definition) is 10. The van der Waals surface area contributed by atoms with Crippen LogP contribution in [0.25, 0.3) is 33.5 Å². The quantitative estimate of drug-likeness (QED) is 0.0766. The fourth-order valence-electron chi connectivity index (χ4n) is 6.25. The van der Waals surface area contributed by atoms with Crippen molar-refractivity contribution < 1.29 is 19.1 Å². The summed E-state index contributed by atoms with van der Waals surface area (Å²) >= 11 is 5.61. The first kappa shape index (κ1) is 38.5. The first-order valence-corrected chi connectivity index (χ1v) is 19.1. The van der Waals surface area contributed by atoms with Crippen LogP contribution in [-0.4, -0.2) is 71.3 Å². The van der Waals surface area contributed by atoms with Crippen molar-refractivity contribution >= 4 is 52.4 Å². The lowest BCUT2D eigenvalue weighted by atomic mass is 9.94. The maximum Gasteiger partial charge on any atom is 0.297 e. The number of rotatable bonds is 18. The molecule has 5 aromatic rings. The van der Waals surface area contributed by atoms with Crippen LogP contribution in [0.15, 0.2) is 66.7 Å². The SMILES string of the molecule is CCOc1nc2cccc(C(=O)NC(CSC(=O)CC(CS)CC(C)C(N)=O)CC(C)C)c2n1Cc1ccc(-c2ccccc2-c2nnn[nH]2)cc1. The molecule has 5 rings (SSSR count). The maximum absolute atomic E-state index is 14.0. The molecule has 0 aliphatic rings. The third-order valence-electron chi connectivity index (χ3n) is 8.81. The summed E-state index contributed by atoms with van der Waals surface area (Å²) in [6.45, 7) is 8.68. The van der Waals surface area contributed by atoms with E-state index in [1.54, 1.807) is 13.0 Å². The molecule has 0 bridgehead atoms. The predicted molar refractivity (Wildman–Crippen MR) is 208 cm³/mol. The third kappa shape index (κ3) is 9.79. The molecule has 4 N–H and O–H groups in total. The molecule has 0 aliphatic carbocycles. The van der Waals surface area contributed by atoms with Crippen molar-refractivity contribution in [3.8, 4) is 28.5 Å². The molecule has 3 unspecified atom stereocenters. The number of thiol groups is 1. The zero-order valence-electron chi connectivity index (χ0n) is 29.9. The van der Waals surface area contributed by atoms with Gasteiger partial charge in [0.2, 0.25) is 5.91 Å². The van der Waals surface area contributed by atoms with Gasteiger partial charge in [-0.2, -0.15) is 17.6 Å². The van der Waals surface area contributed by atoms with E-state index in [4.69, 9.17) is 15.5 Å². The number of primary amides is 1. The number of thioether (sulfide) groups is 1. The molecule has 0 radical (unpaired) electrons. The Balaban J connectivity index is 1.36. The van der Waals surface area contributed by atoms with Gasteiger partial charge in [-0.15, -0.1) is 5.10 Å². The van der Waals surface area contributed by atoms with E-state index in [0.29, 0.717) is 72.4 Å². The van der Waals surface area contributed by atoms with Gasteiger partial charge in [-0.1, -0.05) is 87.1 Å². The highest BCUT2D eigenvalue weighted by Crippen LogP contribution is 2.31. The number of tetrazole rings is 1. The molecule has 52 heavy (non-hydrogen) atoms. The molecular weight excluding hydrogens is 697 g/mol. The number of ether oxygens (including phenoxy) is 1. The molecule has 0 saturated carbocycles. The fourth-order valence-corrected chi connectivity index (χ4v) is 7.49. The van der Waals surface area contributed by atoms with Crippen molar-refractivity contribution in [2.75, 3.05) is 18.1 Å². The molecule has 3 aromatic carbocycles. The number of benzene rings is 3. The Labute approximate surface area is 313 Å². The van der Waals surface area contributed by atoms with E-state index in [1.807, 2.05) is 47.9 Å². The van der Waals surface area contributed by atoms with Crippen LogP contribution in [-0.2, 0) is 16.1 Å². The molecule has 0 aliphatic heterocycles. The van der Waals surface area contributed by atoms with Crippen LogP contribution in [0.3, 0.4) is 0 Å². The lowest BCUT2D eigenvalue weighted by Crippen LogP contribution is -2.38. The standard InChI is InChI=1S/C38H46N8O4S2/c1-5-50-38-41-32-12-8-11-31(37(49)40-28(17-23(2)3)22-52-33(47)19-26(21-51)18-24(4)35(39)48)34(32)46(38)20-25-13-15-27(16-14-25)29-9-6-7-10-30(29)36-42-44-45-43-36/h6-16,23-24,26,28,51H,5,17-22H2,1-4H3,(H2,39,48)(H,40,49)(H,42,43,44,45). The number of para-hydroxylation sites is 1. The summed E-state index contributed by atoms with van der Waals surface area (Å²) in [6.07, 6.45) is 1.50. The van der Waals surface area contributed by atoms with Crippen LogP contribution in [0.1, 0.15) is 62.9 Å². The lowest BCUT2D eigenvalue weighted by Gasteiger charge is -2.21. The largest absolute Gasteiger partial charge is 0.465 e. The molecule has 14 heteroatoms. The third-order valence-corrected chi connectivity index (χ3v) is 10.4. The summed E-state index contributed by atoms with van der Waals surface area (Å²) < 4.78 is 7.92. The van der Waals surface area contributed by atoms with E-state index in [-0.39, 0.29) is 40.7 Å². The second kappa shape index (κ2) is 18.2. The van der Waals surface area contributed by atoms with Gasteiger partial charge in [-0.25, -0.2) is 5.10 Å². The Morgan fingerprint density at radius 2 is 1.75 bits per heavy atom. The molecule has 2 amide bonds. The van der Waals surface area contributed by atoms with Gasteiger partial charge in [0, 0.05) is 29.7 Å². The van der Waals surface area contributed by atoms with E-state index >= 15 is 0 Å². The number of fused-ring (bicyclic) bond motifs is 1. The van der Waals surface area contributed by atoms with Gasteiger partial charge in [0.05, 0.1) is 29.7 Å². The Morgan fingerprint density at radius 3 is 2.40 bits per heavy atom. The van der Waals surface area contributed by atoms with Crippen molar-refractivity contribution in [3.05, 3.63) is 77.9 Å². The number of aromatic amines is 1. The number of carbonyl (C=O) groups is 3. The van der Waals surface area contributed by atoms with Gasteiger partial charge in [0.15, 0.2) is 10.9 Å². The molecule has 3 atom stereocenters. The predicted octanol–water partition coefficient (Wildman–Crippen LogP) is 6.18. The second-order valence-electron chi connectivity index (χ2n) is 13.4. The average molecular weight is 743 g/mol. The number of aromatic nitrogens is 6. The number of hydrogen-bond donors (Lipinski definition) is 4. The monoisotopic (exact) mass is 742 g/mol. The second-order valence-corrected chi connectivity index (χ2v) is 14.8. The van der Waals surface area contributed by atoms with Gasteiger partial charge in [0.1, 0.15) is 0 Å². The van der Waals surface area contributed by atoms with E-state index in [2.05, 4.69) is 76.7 Å². The summed E-state index contributed by atoms with van der Waals surface area (Å²) in [6, 6.07) is 21.8. The van der Waals surface area contributed by atoms with Crippen molar-refractivity contribution in [2.24, 2.45) is 23.5 Å². The van der Waals surface area contributed by atoms with Gasteiger partial charge in [-0.05, 0) is 76.6 Å². The molecule has 0 fully saturated rings. The van der Waals surface area contributed by atoms with Gasteiger partial charge >= 0.3 is 0 Å². The first-order valence-electron chi connectivity index (χ1n) is 17.5. The number of nitrogens with zero attached hydrogens (tertiary/aromatic N) is 5. The first-order chi connectivity index (χ1) is 25.1. The topological polar surface area (TPSA) is 171 Å². The van der Waals surface area contributed by atoms with Gasteiger partial charge in [-0.3, -0.25) is 19.0 Å². The zero-order valence-corrected chi connectivity index (χ0v) is 31.6. The minimum absolute atomic E-state index is 0.00440. The van der Waals surface area contributed by atoms with Crippen LogP contribution in [0.5, 0.6) is 6.01 Å². The smallest absolute Gasteiger partial charge is 0.297 e. The molecular formula is C38H46N8O4S2. The molecule has 0 saturated heterocycles. The summed E-state index contributed by atoms with van der Waals surface area (Å²) in [7, 11) is 0. The molecule has 12 nitrogen and oxygen atoms in total. The Morgan fingerprint density at radius 1 is 1.00 bits per heavy atom. The average Bonchev–Trinajstić information content (AvgIpc) is 3.79. The number of H-pyrrole nitrogens is 1. The number of amides is 2. The van der Waals surface area contributed by atoms with E-state index in [9.17, 15) is 14.4 Å². The zero-order chi connectivity index (χ0) is 37.2. The number of nitrogens with one attached hydrogen (secondary N) is 2. The van der Waals surface area contributed by atoms with Crippen LogP contribution in [0.2, 0.25) is 0 Å². The van der Waals surface area contributed by atoms with Crippen LogP contribution < -0.4 is 15.8 Å². The Kier molecular flexibility index (Phi) is 13.5. The number of imidazole rings is 1. The summed E-state index contributed by atoms with van der Waals surface area (Å²) in [5.74, 6) is 0.784. The minimum Gasteiger partial charge on any atom is -0.465 e. The molecule has 2 heterocycles. The van der Waals surface area contributed by atoms with E-state index < -0.39 is 0 Å². The Hall–Kier alpha value is -4.69. The summed E-state index contributed by atoms with van der Waals surface area (Å²) in [5.41, 5.74) is 11.1. The van der Waals surface area contributed by atoms with E-state index in [1.165, 1.54) is 11.8 Å². The lowest BCUT2D eigenvalue weighted by molar-refractivity contribution is -0.122. The number of nitrogens with two attached hydrogens (primary N) is 1. The summed E-state index contributed by atoms with van der Waals surface area (Å²) in [5, 5.41) is 17.6. The van der Waals surface area contributed by atoms with E-state index in [0.717, 1.165) is 22.3 Å². The summed E-state index contributed by atoms with van der Waals surface area (Å²) in [4.78, 5) is 43.4. The van der Waals surface area contributed by atoms with Crippen molar-refractivity contribution in [3.63, 3.8) is 0 Å². The van der Waals surface area contributed by atoms with Crippen molar-refractivity contribution in [1.82, 2.24) is 35.5 Å². The highest BCUT2D eigenvalue weighted by atomic mass is 32.2. The fraction of sp³-hybridized carbons (Fsp3) is 0.395. The van der Waals surface area contributed by atoms with Crippen LogP contribution in [0, 0.1) is 17.8 Å². The molecule has 274 valence electrons. The van der Waals surface area contributed by atoms with Crippen LogP contribution >= 0.6 is 24.4 Å². The minimum atomic E-state index is -0.381. The highest BCUT2D eigenvalue weighted by molar-refractivity contribution is 8.13. The maximum atomic E-state index is 14.0. The molecule has 0 spiro atoms. The van der Waals surface area contributed by atoms with Gasteiger partial charge in [0.25, 0.3) is 11.9 Å². The Bertz CT molecular complexity index is 1960. The number of carbonyl (C=O) groups excluding carboxylic acids is 3. The van der Waals surface area contributed by atoms with Crippen LogP contribution in [0.4, 0.5) is 0 Å². The normalized spacial score (nSPS) is 13.2. The van der Waals surface area contributed by atoms with Gasteiger partial charge < -0.3 is 15.8 Å². The molecule has 2 aromatic heterocycles.